The first-order valence-electron chi connectivity index (χ1n) is 52.8. The maximum absolute atomic E-state index is 16.1. The Morgan fingerprint density at radius 2 is 1.01 bits per heavy atom. The topological polar surface area (TPSA) is 623 Å². The van der Waals surface area contributed by atoms with Crippen molar-refractivity contribution in [3.63, 3.8) is 0 Å². The largest absolute Gasteiger partial charge is 0.508 e. The molecule has 2 aromatic heterocycles. The standard InChI is InChI=1S/C106H160N20O22S/c1-11-13-37-85-99(141)114-76(50-64(3)4)96(138)120-83(94(136)110-48-32-26-24-22-20-18-16-15-17-19-21-23-25-27-41-91(131)132)62-149-63-90(130)112-79(52-67-42-44-70(127)45-43-67)102(144)121(8)66(7)93(135)116-81(56-89(109)129)104(146)125-49-33-40-86(125)100(142)119-82(57-108)98(140)117-78(51-65(5)6)105(147)126-60-71(128)55-88(126)101(143)115-77(53-68-58-111-74-36-30-28-34-72(68)74)97(139)113-75(46-47-107)95(137)118-80(103(145)123(10)87(38-14-12-2)106(148)122(85)9)54-69-59-124(61-92(133)134)84-39-31-29-35-73(69)84/h28-31,34-36,39,42-45,58-59,64-66,71,75-83,85-88,111,127-128H,11-27,32-33,37-38,40-41,46-57,60-63,107-108H2,1-10H3,(H2,109,129)(H,110,136)(H,112,130)(H,113,139)(H,114,141)(H,115,143)(H,116,135)(H,117,140)(H,118,137)(H,119,142)(H,120,138)(H,131,132)(H,133,134)/t66-,71+,75-,76-,77-,78-,79-,80-,81-,82-,83-,85-,86-,87-,88-/m0/s1. The number of nitrogens with two attached hydrogens (primary N) is 3. The number of carboxylic acids is 2. The van der Waals surface area contributed by atoms with Crippen LogP contribution in [0.4, 0.5) is 0 Å². The lowest BCUT2D eigenvalue weighted by Crippen LogP contribution is -2.62. The number of aliphatic hydroxyl groups is 1. The van der Waals surface area contributed by atoms with Gasteiger partial charge in [-0.05, 0) is 124 Å². The molecule has 3 aliphatic rings. The number of primary amides is 1. The molecule has 149 heavy (non-hydrogen) atoms. The molecule has 0 saturated carbocycles. The highest BCUT2D eigenvalue weighted by molar-refractivity contribution is 8.00. The minimum atomic E-state index is -1.76. The number of amides is 16. The van der Waals surface area contributed by atoms with E-state index in [-0.39, 0.29) is 120 Å². The average Bonchev–Trinajstić information content (AvgIpc) is 1.77. The Labute approximate surface area is 876 Å². The quantitative estimate of drug-likeness (QED) is 0.0244. The average molecular weight is 2100 g/mol. The van der Waals surface area contributed by atoms with Crippen LogP contribution in [-0.2, 0) is 112 Å². The molecule has 43 heteroatoms. The number of hydrogen-bond acceptors (Lipinski definition) is 23. The van der Waals surface area contributed by atoms with Gasteiger partial charge in [-0.1, -0.05) is 193 Å². The number of carboxylic acid groups (broad SMARTS) is 2. The van der Waals surface area contributed by atoms with E-state index in [2.05, 4.69) is 58.2 Å². The number of para-hydroxylation sites is 2. The first kappa shape index (κ1) is 121. The first-order valence-corrected chi connectivity index (χ1v) is 53.9. The summed E-state index contributed by atoms with van der Waals surface area (Å²) in [5, 5.41) is 69.8. The Morgan fingerprint density at radius 3 is 1.63 bits per heavy atom. The van der Waals surface area contributed by atoms with Gasteiger partial charge >= 0.3 is 11.9 Å². The number of phenolic OH excluding ortho intramolecular Hbond substituents is 1. The van der Waals surface area contributed by atoms with E-state index in [1.165, 1.54) is 72.9 Å². The minimum Gasteiger partial charge on any atom is -0.508 e. The second-order valence-corrected chi connectivity index (χ2v) is 41.5. The highest BCUT2D eigenvalue weighted by Gasteiger charge is 2.47. The van der Waals surface area contributed by atoms with E-state index in [1.807, 2.05) is 27.7 Å². The molecule has 822 valence electrons. The van der Waals surface area contributed by atoms with Crippen molar-refractivity contribution < 1.29 is 107 Å². The van der Waals surface area contributed by atoms with Gasteiger partial charge in [0.25, 0.3) is 0 Å². The van der Waals surface area contributed by atoms with Crippen LogP contribution in [0.1, 0.15) is 245 Å². The number of carbonyl (C=O) groups is 18. The van der Waals surface area contributed by atoms with E-state index >= 15 is 43.2 Å². The van der Waals surface area contributed by atoms with Crippen molar-refractivity contribution >= 4 is 140 Å². The number of thioether (sulfide) groups is 1. The van der Waals surface area contributed by atoms with E-state index in [4.69, 9.17) is 22.3 Å². The molecule has 0 bridgehead atoms. The van der Waals surface area contributed by atoms with Crippen molar-refractivity contribution in [2.45, 2.75) is 345 Å². The van der Waals surface area contributed by atoms with E-state index in [1.54, 1.807) is 68.6 Å². The zero-order valence-corrected chi connectivity index (χ0v) is 88.8. The fourth-order valence-electron chi connectivity index (χ4n) is 19.4. The number of rotatable bonds is 41. The summed E-state index contributed by atoms with van der Waals surface area (Å²) in [5.41, 5.74) is 20.7. The zero-order chi connectivity index (χ0) is 109. The molecule has 3 aliphatic heterocycles. The normalized spacial score (nSPS) is 23.6. The van der Waals surface area contributed by atoms with Crippen molar-refractivity contribution in [2.24, 2.45) is 29.0 Å². The minimum absolute atomic E-state index is 0.00137. The van der Waals surface area contributed by atoms with Crippen LogP contribution in [0.5, 0.6) is 5.75 Å². The number of likely N-dealkylation sites (N-methyl/N-ethyl adjacent to an activating group) is 3. The molecule has 42 nitrogen and oxygen atoms in total. The molecule has 0 aliphatic carbocycles. The van der Waals surface area contributed by atoms with Gasteiger partial charge in [0.15, 0.2) is 0 Å². The van der Waals surface area contributed by atoms with Gasteiger partial charge in [-0.3, -0.25) is 86.3 Å². The molecule has 0 radical (unpaired) electrons. The number of aliphatic hydroxyl groups excluding tert-OH is 1. The molecule has 3 fully saturated rings. The summed E-state index contributed by atoms with van der Waals surface area (Å²) in [6, 6.07) is -1.45. The lowest BCUT2D eigenvalue weighted by atomic mass is 9.99. The van der Waals surface area contributed by atoms with Crippen LogP contribution in [0, 0.1) is 11.8 Å². The number of nitrogens with zero attached hydrogens (tertiary/aromatic N) is 6. The number of aromatic amines is 1. The summed E-state index contributed by atoms with van der Waals surface area (Å²) in [6.45, 7) is 10.4. The number of H-pyrrole nitrogens is 1. The maximum atomic E-state index is 16.1. The number of unbranched alkanes of at least 4 members (excludes halogenated alkanes) is 15. The van der Waals surface area contributed by atoms with Gasteiger partial charge in [0.05, 0.1) is 18.3 Å². The van der Waals surface area contributed by atoms with Crippen LogP contribution in [-0.4, -0.2) is 317 Å². The molecule has 16 amide bonds. The van der Waals surface area contributed by atoms with E-state index in [9.17, 15) is 58.5 Å². The van der Waals surface area contributed by atoms with Gasteiger partial charge in [-0.15, -0.1) is 11.8 Å². The van der Waals surface area contributed by atoms with E-state index < -0.39 is 229 Å². The molecule has 3 aromatic carbocycles. The van der Waals surface area contributed by atoms with E-state index in [0.29, 0.717) is 77.0 Å². The number of hydrogen-bond donors (Lipinski definition) is 18. The summed E-state index contributed by atoms with van der Waals surface area (Å²) in [7, 11) is 4.03. The van der Waals surface area contributed by atoms with Gasteiger partial charge in [-0.25, -0.2) is 0 Å². The van der Waals surface area contributed by atoms with Gasteiger partial charge < -0.3 is 125 Å². The highest BCUT2D eigenvalue weighted by atomic mass is 32.2. The van der Waals surface area contributed by atoms with Crippen molar-refractivity contribution in [3.05, 3.63) is 102 Å². The summed E-state index contributed by atoms with van der Waals surface area (Å²) < 4.78 is 1.46. The smallest absolute Gasteiger partial charge is 0.323 e. The fraction of sp³-hybridized carbons (Fsp3) is 0.623. The summed E-state index contributed by atoms with van der Waals surface area (Å²) in [6.07, 6.45) is 14.9. The molecule has 5 aromatic rings. The Morgan fingerprint density at radius 1 is 0.497 bits per heavy atom. The third-order valence-corrected chi connectivity index (χ3v) is 28.8. The number of aromatic nitrogens is 2. The molecule has 0 unspecified atom stereocenters. The number of fused-ring (bicyclic) bond motifs is 4. The van der Waals surface area contributed by atoms with Crippen molar-refractivity contribution in [3.8, 4) is 5.75 Å². The molecule has 0 spiro atoms. The Kier molecular flexibility index (Phi) is 50.0. The number of phenols is 1. The van der Waals surface area contributed by atoms with Crippen molar-refractivity contribution in [2.75, 3.05) is 65.4 Å². The van der Waals surface area contributed by atoms with Crippen LogP contribution in [0.25, 0.3) is 21.8 Å². The van der Waals surface area contributed by atoms with Gasteiger partial charge in [0, 0.05) is 119 Å². The van der Waals surface area contributed by atoms with E-state index in [0.717, 1.165) is 104 Å². The Hall–Kier alpha value is -12.8. The highest BCUT2D eigenvalue weighted by Crippen LogP contribution is 2.30. The van der Waals surface area contributed by atoms with Crippen molar-refractivity contribution in [1.29, 1.82) is 0 Å². The van der Waals surface area contributed by atoms with Crippen LogP contribution in [0.15, 0.2) is 85.2 Å². The number of aromatic hydroxyl groups is 1. The summed E-state index contributed by atoms with van der Waals surface area (Å²) >= 11 is 0.915. The Balaban J connectivity index is 1.17. The fourth-order valence-corrected chi connectivity index (χ4v) is 20.2. The predicted octanol–water partition coefficient (Wildman–Crippen LogP) is 4.21. The number of aliphatic carboxylic acids is 2. The second kappa shape index (κ2) is 61.4. The molecule has 21 N–H and O–H groups in total. The summed E-state index contributed by atoms with van der Waals surface area (Å²) in [5.74, 6) is -17.5. The molecule has 8 rings (SSSR count). The molecule has 5 heterocycles. The van der Waals surface area contributed by atoms with Crippen LogP contribution >= 0.6 is 11.8 Å². The second-order valence-electron chi connectivity index (χ2n) is 40.5. The molecule has 15 atom stereocenters. The lowest BCUT2D eigenvalue weighted by Gasteiger charge is -2.36. The van der Waals surface area contributed by atoms with Crippen LogP contribution in [0.3, 0.4) is 0 Å². The number of carbonyl (C=O) groups excluding carboxylic acids is 16. The predicted molar refractivity (Wildman–Crippen MR) is 562 cm³/mol. The number of benzene rings is 3. The van der Waals surface area contributed by atoms with Crippen LogP contribution in [0.2, 0.25) is 0 Å². The SMILES string of the molecule is CCCC[C@H]1C(=O)N(C)[C@@H](CCCC)C(=O)N[C@@H](CC(C)C)C(=O)N[C@H](C(=O)NCCCCCCCCCCCCCCCCC(=O)O)CSCC(=O)N[C@@H](Cc2ccc(O)cc2)C(=O)N(C)[C@@H](C)C(=O)N[C@@H](CC(N)=O)C(=O)N2CCC[C@H]2C(=O)N[C@@H](CN)C(=O)N[C@@H](CC(C)C)C(=O)N2C[C@H](O)C[C@H]2C(=O)N[C@@H](Cc2c[nH]c3ccccc23)C(=O)N[C@@H](CCN)C(=O)N[C@@H](Cc2cn(CC(=O)O)c3ccccc23)C(=O)N1C. The monoisotopic (exact) mass is 2100 g/mol. The van der Waals surface area contributed by atoms with Crippen LogP contribution < -0.4 is 70.4 Å². The Bertz CT molecular complexity index is 5350. The third kappa shape index (κ3) is 37.4. The summed E-state index contributed by atoms with van der Waals surface area (Å²) in [4.78, 5) is 273. The maximum Gasteiger partial charge on any atom is 0.323 e. The molecular weight excluding hydrogens is 1940 g/mol. The zero-order valence-electron chi connectivity index (χ0n) is 87.9. The lowest BCUT2D eigenvalue weighted by molar-refractivity contribution is -0.149. The molecule has 3 saturated heterocycles. The van der Waals surface area contributed by atoms with Gasteiger partial charge in [0.1, 0.15) is 96.9 Å². The first-order chi connectivity index (χ1) is 71.1. The number of nitrogens with one attached hydrogen (secondary N) is 11. The van der Waals surface area contributed by atoms with Crippen molar-refractivity contribution in [1.82, 2.24) is 87.2 Å². The molecular formula is C106H160N20O22S. The van der Waals surface area contributed by atoms with Gasteiger partial charge in [0.2, 0.25) is 94.5 Å². The third-order valence-electron chi connectivity index (χ3n) is 27.8. The van der Waals surface area contributed by atoms with Gasteiger partial charge in [-0.2, -0.15) is 0 Å².